The molecule has 0 spiro atoms. The van der Waals surface area contributed by atoms with Crippen LogP contribution in [0.4, 0.5) is 11.4 Å². The van der Waals surface area contributed by atoms with Crippen LogP contribution < -0.4 is 10.8 Å². The first-order valence-electron chi connectivity index (χ1n) is 7.23. The Labute approximate surface area is 130 Å². The first-order valence-corrected chi connectivity index (χ1v) is 7.23. The topological polar surface area (TPSA) is 44.3 Å². The Bertz CT molecular complexity index is 707. The number of hydroxylamine groups is 1. The van der Waals surface area contributed by atoms with E-state index >= 15 is 0 Å². The number of nitrogens with one attached hydrogen (secondary N) is 2. The molecule has 0 fully saturated rings. The highest BCUT2D eigenvalue weighted by Crippen LogP contribution is 2.23. The van der Waals surface area contributed by atoms with Crippen molar-refractivity contribution in [2.45, 2.75) is 6.54 Å². The zero-order chi connectivity index (χ0) is 15.2. The summed E-state index contributed by atoms with van der Waals surface area (Å²) in [4.78, 5) is 0. The molecule has 0 aliphatic carbocycles. The Morgan fingerprint density at radius 3 is 1.77 bits per heavy atom. The molecular formula is C19H18N2O. The molecule has 3 N–H and O–H groups in total. The van der Waals surface area contributed by atoms with Crippen LogP contribution in [0, 0.1) is 0 Å². The zero-order valence-corrected chi connectivity index (χ0v) is 12.2. The Morgan fingerprint density at radius 2 is 1.18 bits per heavy atom. The molecule has 0 bridgehead atoms. The van der Waals surface area contributed by atoms with Crippen molar-refractivity contribution in [1.29, 1.82) is 0 Å². The summed E-state index contributed by atoms with van der Waals surface area (Å²) in [6.07, 6.45) is 0. The van der Waals surface area contributed by atoms with Crippen LogP contribution in [0.5, 0.6) is 0 Å². The molecule has 3 heteroatoms. The summed E-state index contributed by atoms with van der Waals surface area (Å²) < 4.78 is 0. The van der Waals surface area contributed by atoms with Crippen LogP contribution in [-0.4, -0.2) is 5.21 Å². The van der Waals surface area contributed by atoms with E-state index in [1.54, 1.807) is 0 Å². The van der Waals surface area contributed by atoms with E-state index in [4.69, 9.17) is 5.21 Å². The van der Waals surface area contributed by atoms with E-state index in [-0.39, 0.29) is 0 Å². The van der Waals surface area contributed by atoms with Crippen LogP contribution in [0.1, 0.15) is 5.56 Å². The normalized spacial score (nSPS) is 10.4. The average Bonchev–Trinajstić information content (AvgIpc) is 2.58. The molecule has 0 heterocycles. The highest BCUT2D eigenvalue weighted by molar-refractivity contribution is 5.68. The molecule has 3 aromatic rings. The average molecular weight is 290 g/mol. The van der Waals surface area contributed by atoms with Crippen LogP contribution >= 0.6 is 0 Å². The minimum atomic E-state index is 0.450. The van der Waals surface area contributed by atoms with Crippen molar-refractivity contribution in [3.8, 4) is 11.1 Å². The van der Waals surface area contributed by atoms with Gasteiger partial charge < -0.3 is 10.5 Å². The van der Waals surface area contributed by atoms with E-state index in [0.717, 1.165) is 16.9 Å². The molecule has 0 unspecified atom stereocenters. The third kappa shape index (κ3) is 3.52. The van der Waals surface area contributed by atoms with Crippen molar-refractivity contribution in [3.63, 3.8) is 0 Å². The maximum Gasteiger partial charge on any atom is 0.0458 e. The van der Waals surface area contributed by atoms with Gasteiger partial charge in [-0.25, -0.2) is 5.48 Å². The third-order valence-electron chi connectivity index (χ3n) is 3.52. The van der Waals surface area contributed by atoms with Crippen LogP contribution in [-0.2, 0) is 6.54 Å². The molecule has 0 aliphatic rings. The van der Waals surface area contributed by atoms with E-state index in [1.165, 1.54) is 11.1 Å². The molecule has 22 heavy (non-hydrogen) atoms. The van der Waals surface area contributed by atoms with Crippen LogP contribution in [0.3, 0.4) is 0 Å². The van der Waals surface area contributed by atoms with Gasteiger partial charge in [0.1, 0.15) is 0 Å². The number of hydrogen-bond donors (Lipinski definition) is 3. The van der Waals surface area contributed by atoms with Gasteiger partial charge in [0.05, 0.1) is 0 Å². The molecule has 110 valence electrons. The maximum atomic E-state index is 8.68. The molecule has 0 atom stereocenters. The van der Waals surface area contributed by atoms with E-state index in [0.29, 0.717) is 6.54 Å². The van der Waals surface area contributed by atoms with Crippen LogP contribution in [0.15, 0.2) is 78.9 Å². The van der Waals surface area contributed by atoms with Crippen LogP contribution in [0.2, 0.25) is 0 Å². The van der Waals surface area contributed by atoms with Crippen molar-refractivity contribution >= 4 is 11.4 Å². The minimum absolute atomic E-state index is 0.450. The van der Waals surface area contributed by atoms with Crippen molar-refractivity contribution in [2.24, 2.45) is 0 Å². The SMILES string of the molecule is ONCc1ccc(Nc2ccc(-c3ccccc3)cc2)cc1. The Morgan fingerprint density at radius 1 is 0.636 bits per heavy atom. The first kappa shape index (κ1) is 14.3. The fourth-order valence-electron chi connectivity index (χ4n) is 2.34. The molecule has 3 rings (SSSR count). The predicted octanol–water partition coefficient (Wildman–Crippen LogP) is 4.58. The fourth-order valence-corrected chi connectivity index (χ4v) is 2.34. The van der Waals surface area contributed by atoms with Crippen LogP contribution in [0.25, 0.3) is 11.1 Å². The molecule has 0 saturated carbocycles. The summed E-state index contributed by atoms with van der Waals surface area (Å²) >= 11 is 0. The summed E-state index contributed by atoms with van der Waals surface area (Å²) in [7, 11) is 0. The highest BCUT2D eigenvalue weighted by atomic mass is 16.5. The number of benzene rings is 3. The first-order chi connectivity index (χ1) is 10.8. The summed E-state index contributed by atoms with van der Waals surface area (Å²) in [6.45, 7) is 0.450. The lowest BCUT2D eigenvalue weighted by atomic mass is 10.1. The Kier molecular flexibility index (Phi) is 4.49. The van der Waals surface area contributed by atoms with E-state index in [2.05, 4.69) is 47.2 Å². The minimum Gasteiger partial charge on any atom is -0.356 e. The second-order valence-corrected chi connectivity index (χ2v) is 5.10. The maximum absolute atomic E-state index is 8.68. The summed E-state index contributed by atoms with van der Waals surface area (Å²) in [6, 6.07) is 26.7. The van der Waals surface area contributed by atoms with Gasteiger partial charge >= 0.3 is 0 Å². The van der Waals surface area contributed by atoms with Gasteiger partial charge in [-0.3, -0.25) is 0 Å². The van der Waals surface area contributed by atoms with E-state index in [9.17, 15) is 0 Å². The Hall–Kier alpha value is -2.62. The van der Waals surface area contributed by atoms with Gasteiger partial charge in [-0.2, -0.15) is 0 Å². The lowest BCUT2D eigenvalue weighted by molar-refractivity contribution is 0.161. The van der Waals surface area contributed by atoms with Gasteiger partial charge in [-0.15, -0.1) is 0 Å². The second kappa shape index (κ2) is 6.89. The summed E-state index contributed by atoms with van der Waals surface area (Å²) in [5.74, 6) is 0. The quantitative estimate of drug-likeness (QED) is 0.603. The van der Waals surface area contributed by atoms with Crippen molar-refractivity contribution in [3.05, 3.63) is 84.4 Å². The van der Waals surface area contributed by atoms with Crippen molar-refractivity contribution in [2.75, 3.05) is 5.32 Å². The zero-order valence-electron chi connectivity index (χ0n) is 12.2. The lowest BCUT2D eigenvalue weighted by Crippen LogP contribution is -2.05. The molecule has 0 saturated heterocycles. The largest absolute Gasteiger partial charge is 0.356 e. The number of anilines is 2. The van der Waals surface area contributed by atoms with Gasteiger partial charge in [-0.05, 0) is 41.0 Å². The molecule has 0 aliphatic heterocycles. The molecule has 3 aromatic carbocycles. The van der Waals surface area contributed by atoms with Crippen molar-refractivity contribution < 1.29 is 5.21 Å². The fraction of sp³-hybridized carbons (Fsp3) is 0.0526. The van der Waals surface area contributed by atoms with Gasteiger partial charge in [0.15, 0.2) is 0 Å². The van der Waals surface area contributed by atoms with E-state index < -0.39 is 0 Å². The smallest absolute Gasteiger partial charge is 0.0458 e. The summed E-state index contributed by atoms with van der Waals surface area (Å²) in [5, 5.41) is 12.0. The molecule has 0 amide bonds. The van der Waals surface area contributed by atoms with Crippen molar-refractivity contribution in [1.82, 2.24) is 5.48 Å². The van der Waals surface area contributed by atoms with Gasteiger partial charge in [-0.1, -0.05) is 54.6 Å². The van der Waals surface area contributed by atoms with Gasteiger partial charge in [0, 0.05) is 17.9 Å². The lowest BCUT2D eigenvalue weighted by Gasteiger charge is -2.09. The van der Waals surface area contributed by atoms with Gasteiger partial charge in [0.2, 0.25) is 0 Å². The molecular weight excluding hydrogens is 272 g/mol. The molecule has 0 radical (unpaired) electrons. The standard InChI is InChI=1S/C19H18N2O/c22-20-14-15-6-10-18(11-7-15)21-19-12-8-17(9-13-19)16-4-2-1-3-5-16/h1-13,20-22H,14H2. The second-order valence-electron chi connectivity index (χ2n) is 5.10. The Balaban J connectivity index is 1.71. The third-order valence-corrected chi connectivity index (χ3v) is 3.52. The molecule has 0 aromatic heterocycles. The molecule has 3 nitrogen and oxygen atoms in total. The number of rotatable bonds is 5. The van der Waals surface area contributed by atoms with Gasteiger partial charge in [0.25, 0.3) is 0 Å². The predicted molar refractivity (Wildman–Crippen MR) is 90.2 cm³/mol. The number of hydrogen-bond acceptors (Lipinski definition) is 3. The van der Waals surface area contributed by atoms with E-state index in [1.807, 2.05) is 42.5 Å². The monoisotopic (exact) mass is 290 g/mol. The summed E-state index contributed by atoms with van der Waals surface area (Å²) in [5.41, 5.74) is 7.68. The highest BCUT2D eigenvalue weighted by Gasteiger charge is 1.99.